The normalized spacial score (nSPS) is 17.1. The summed E-state index contributed by atoms with van der Waals surface area (Å²) in [4.78, 5) is 0. The number of nitriles is 1. The molecule has 1 aliphatic rings. The number of halogens is 1. The summed E-state index contributed by atoms with van der Waals surface area (Å²) in [7, 11) is 0. The second kappa shape index (κ2) is 4.00. The number of nitrogens with zero attached hydrogens (tertiary/aromatic N) is 1. The maximum absolute atomic E-state index is 13.3. The molecule has 2 rings (SSSR count). The SMILES string of the molecule is CC(NC1CC1)c1ccc(C#N)c(F)c1. The Balaban J connectivity index is 2.14. The first-order chi connectivity index (χ1) is 7.20. The van der Waals surface area contributed by atoms with Crippen LogP contribution in [0.25, 0.3) is 0 Å². The smallest absolute Gasteiger partial charge is 0.141 e. The maximum atomic E-state index is 13.3. The van der Waals surface area contributed by atoms with Crippen LogP contribution in [0.5, 0.6) is 0 Å². The number of hydrogen-bond donors (Lipinski definition) is 1. The zero-order valence-electron chi connectivity index (χ0n) is 8.63. The van der Waals surface area contributed by atoms with E-state index in [0.717, 1.165) is 5.56 Å². The summed E-state index contributed by atoms with van der Waals surface area (Å²) in [5.74, 6) is -0.431. The van der Waals surface area contributed by atoms with E-state index in [0.29, 0.717) is 6.04 Å². The summed E-state index contributed by atoms with van der Waals surface area (Å²) in [5.41, 5.74) is 1.01. The van der Waals surface area contributed by atoms with Crippen LogP contribution in [0.1, 0.15) is 36.9 Å². The number of rotatable bonds is 3. The predicted molar refractivity (Wildman–Crippen MR) is 55.7 cm³/mol. The molecule has 78 valence electrons. The monoisotopic (exact) mass is 204 g/mol. The predicted octanol–water partition coefficient (Wildman–Crippen LogP) is 2.51. The van der Waals surface area contributed by atoms with E-state index in [2.05, 4.69) is 5.32 Å². The third-order valence-corrected chi connectivity index (χ3v) is 2.68. The molecule has 1 atom stereocenters. The van der Waals surface area contributed by atoms with Crippen molar-refractivity contribution in [1.29, 1.82) is 5.26 Å². The van der Waals surface area contributed by atoms with Gasteiger partial charge in [0.25, 0.3) is 0 Å². The first kappa shape index (κ1) is 10.1. The molecule has 1 aliphatic carbocycles. The van der Waals surface area contributed by atoms with Crippen molar-refractivity contribution in [1.82, 2.24) is 5.32 Å². The molecule has 1 unspecified atom stereocenters. The molecule has 15 heavy (non-hydrogen) atoms. The lowest BCUT2D eigenvalue weighted by molar-refractivity contribution is 0.561. The highest BCUT2D eigenvalue weighted by molar-refractivity contribution is 5.34. The Morgan fingerprint density at radius 2 is 2.27 bits per heavy atom. The van der Waals surface area contributed by atoms with Gasteiger partial charge in [-0.15, -0.1) is 0 Å². The van der Waals surface area contributed by atoms with Crippen LogP contribution in [-0.4, -0.2) is 6.04 Å². The Labute approximate surface area is 88.7 Å². The van der Waals surface area contributed by atoms with E-state index in [4.69, 9.17) is 5.26 Å². The minimum absolute atomic E-state index is 0.109. The van der Waals surface area contributed by atoms with Crippen LogP contribution in [0.15, 0.2) is 18.2 Å². The van der Waals surface area contributed by atoms with Gasteiger partial charge in [-0.25, -0.2) is 4.39 Å². The molecular weight excluding hydrogens is 191 g/mol. The van der Waals surface area contributed by atoms with Gasteiger partial charge in [0, 0.05) is 12.1 Å². The lowest BCUT2D eigenvalue weighted by Gasteiger charge is -2.13. The van der Waals surface area contributed by atoms with Gasteiger partial charge in [-0.2, -0.15) is 5.26 Å². The van der Waals surface area contributed by atoms with Crippen molar-refractivity contribution >= 4 is 0 Å². The molecule has 0 radical (unpaired) electrons. The van der Waals surface area contributed by atoms with Crippen molar-refractivity contribution in [2.75, 3.05) is 0 Å². The van der Waals surface area contributed by atoms with Gasteiger partial charge in [0.1, 0.15) is 11.9 Å². The van der Waals surface area contributed by atoms with Gasteiger partial charge in [0.2, 0.25) is 0 Å². The number of benzene rings is 1. The lowest BCUT2D eigenvalue weighted by Crippen LogP contribution is -2.20. The molecule has 1 saturated carbocycles. The fourth-order valence-corrected chi connectivity index (χ4v) is 1.59. The highest BCUT2D eigenvalue weighted by Crippen LogP contribution is 2.24. The third-order valence-electron chi connectivity index (χ3n) is 2.68. The standard InChI is InChI=1S/C12H13FN2/c1-8(15-11-4-5-11)9-2-3-10(7-14)12(13)6-9/h2-3,6,8,11,15H,4-5H2,1H3. The molecule has 1 aromatic carbocycles. The van der Waals surface area contributed by atoms with Crippen LogP contribution in [0.4, 0.5) is 4.39 Å². The topological polar surface area (TPSA) is 35.8 Å². The van der Waals surface area contributed by atoms with E-state index in [9.17, 15) is 4.39 Å². The van der Waals surface area contributed by atoms with Crippen LogP contribution in [-0.2, 0) is 0 Å². The second-order valence-corrected chi connectivity index (χ2v) is 4.01. The molecule has 0 heterocycles. The summed E-state index contributed by atoms with van der Waals surface area (Å²) >= 11 is 0. The highest BCUT2D eigenvalue weighted by Gasteiger charge is 2.23. The summed E-state index contributed by atoms with van der Waals surface area (Å²) in [6.45, 7) is 2.01. The Kier molecular flexibility index (Phi) is 2.70. The fourth-order valence-electron chi connectivity index (χ4n) is 1.59. The van der Waals surface area contributed by atoms with Crippen molar-refractivity contribution in [2.45, 2.75) is 31.8 Å². The van der Waals surface area contributed by atoms with Gasteiger partial charge in [0.15, 0.2) is 0 Å². The van der Waals surface area contributed by atoms with Gasteiger partial charge < -0.3 is 5.32 Å². The van der Waals surface area contributed by atoms with E-state index in [1.165, 1.54) is 25.0 Å². The quantitative estimate of drug-likeness (QED) is 0.821. The molecule has 0 aromatic heterocycles. The molecule has 0 spiro atoms. The average molecular weight is 204 g/mol. The molecule has 0 saturated heterocycles. The molecule has 3 heteroatoms. The number of nitrogens with one attached hydrogen (secondary N) is 1. The summed E-state index contributed by atoms with van der Waals surface area (Å²) in [6.07, 6.45) is 2.42. The average Bonchev–Trinajstić information content (AvgIpc) is 3.01. The zero-order valence-corrected chi connectivity index (χ0v) is 8.63. The lowest BCUT2D eigenvalue weighted by atomic mass is 10.1. The van der Waals surface area contributed by atoms with Crippen LogP contribution in [0, 0.1) is 17.1 Å². The minimum Gasteiger partial charge on any atom is -0.307 e. The summed E-state index contributed by atoms with van der Waals surface area (Å²) < 4.78 is 13.3. The van der Waals surface area contributed by atoms with Crippen molar-refractivity contribution in [3.8, 4) is 6.07 Å². The Hall–Kier alpha value is -1.40. The van der Waals surface area contributed by atoms with Crippen LogP contribution < -0.4 is 5.32 Å². The van der Waals surface area contributed by atoms with E-state index in [-0.39, 0.29) is 11.6 Å². The van der Waals surface area contributed by atoms with Crippen LogP contribution in [0.3, 0.4) is 0 Å². The minimum atomic E-state index is -0.431. The molecule has 0 aliphatic heterocycles. The van der Waals surface area contributed by atoms with Crippen molar-refractivity contribution in [3.05, 3.63) is 35.1 Å². The molecule has 2 nitrogen and oxygen atoms in total. The Morgan fingerprint density at radius 1 is 1.53 bits per heavy atom. The van der Waals surface area contributed by atoms with E-state index in [1.54, 1.807) is 0 Å². The molecule has 1 aromatic rings. The first-order valence-corrected chi connectivity index (χ1v) is 5.16. The van der Waals surface area contributed by atoms with Gasteiger partial charge in [-0.1, -0.05) is 6.07 Å². The molecular formula is C12H13FN2. The largest absolute Gasteiger partial charge is 0.307 e. The van der Waals surface area contributed by atoms with Gasteiger partial charge in [-0.05, 0) is 37.5 Å². The number of hydrogen-bond acceptors (Lipinski definition) is 2. The van der Waals surface area contributed by atoms with Crippen molar-refractivity contribution < 1.29 is 4.39 Å². The molecule has 0 amide bonds. The third kappa shape index (κ3) is 2.34. The van der Waals surface area contributed by atoms with Crippen molar-refractivity contribution in [2.24, 2.45) is 0 Å². The maximum Gasteiger partial charge on any atom is 0.141 e. The van der Waals surface area contributed by atoms with Gasteiger partial charge in [0.05, 0.1) is 5.56 Å². The first-order valence-electron chi connectivity index (χ1n) is 5.16. The van der Waals surface area contributed by atoms with Crippen LogP contribution in [0.2, 0.25) is 0 Å². The van der Waals surface area contributed by atoms with Gasteiger partial charge in [-0.3, -0.25) is 0 Å². The summed E-state index contributed by atoms with van der Waals surface area (Å²) in [6, 6.07) is 7.36. The van der Waals surface area contributed by atoms with Crippen molar-refractivity contribution in [3.63, 3.8) is 0 Å². The van der Waals surface area contributed by atoms with E-state index >= 15 is 0 Å². The summed E-state index contributed by atoms with van der Waals surface area (Å²) in [5, 5.41) is 12.0. The zero-order chi connectivity index (χ0) is 10.8. The Bertz CT molecular complexity index is 405. The molecule has 1 N–H and O–H groups in total. The second-order valence-electron chi connectivity index (χ2n) is 4.01. The van der Waals surface area contributed by atoms with E-state index in [1.807, 2.05) is 19.1 Å². The Morgan fingerprint density at radius 3 is 2.80 bits per heavy atom. The van der Waals surface area contributed by atoms with Crippen LogP contribution >= 0.6 is 0 Å². The van der Waals surface area contributed by atoms with E-state index < -0.39 is 5.82 Å². The molecule has 1 fully saturated rings. The fraction of sp³-hybridized carbons (Fsp3) is 0.417. The molecule has 0 bridgehead atoms. The highest BCUT2D eigenvalue weighted by atomic mass is 19.1. The van der Waals surface area contributed by atoms with Gasteiger partial charge >= 0.3 is 0 Å².